The van der Waals surface area contributed by atoms with Crippen molar-refractivity contribution in [2.75, 3.05) is 45.9 Å². The molecule has 0 aliphatic carbocycles. The van der Waals surface area contributed by atoms with Crippen LogP contribution < -0.4 is 15.5 Å². The Hall–Kier alpha value is -3.49. The van der Waals surface area contributed by atoms with Crippen molar-refractivity contribution in [2.24, 2.45) is 5.41 Å². The normalized spacial score (nSPS) is 10.9. The standard InChI is InChI=1S/C27H37ClN4O4S.2C2H4O2/c1-27(2,18-33)17-32(15-11-23(35)30-13-9-19-3-6-21(28)7-4-19)16-14-29-12-10-20-5-8-22(34)24-25(20)37-26(36)31-24;2*1-2(3)4/h3-8,29,33-34H,9-18H2,1-2H3,(H,30,35)(H,31,36);2*1H3,(H,3,4). The number of hydrogen-bond donors (Lipinski definition) is 7. The van der Waals surface area contributed by atoms with E-state index in [1.54, 1.807) is 6.07 Å². The Morgan fingerprint density at radius 1 is 0.956 bits per heavy atom. The second kappa shape index (κ2) is 20.5. The van der Waals surface area contributed by atoms with Gasteiger partial charge in [0.2, 0.25) is 5.91 Å². The summed E-state index contributed by atoms with van der Waals surface area (Å²) in [7, 11) is 0. The minimum atomic E-state index is -0.833. The fourth-order valence-electron chi connectivity index (χ4n) is 4.13. The molecule has 0 saturated heterocycles. The van der Waals surface area contributed by atoms with Gasteiger partial charge in [0.1, 0.15) is 11.3 Å². The number of nitrogens with one attached hydrogen (secondary N) is 3. The molecule has 250 valence electrons. The molecule has 0 saturated carbocycles. The van der Waals surface area contributed by atoms with Gasteiger partial charge in [-0.2, -0.15) is 0 Å². The molecule has 0 atom stereocenters. The number of carboxylic acids is 2. The molecule has 14 heteroatoms. The maximum Gasteiger partial charge on any atom is 0.305 e. The first kappa shape index (κ1) is 39.5. The number of phenols is 1. The minimum Gasteiger partial charge on any atom is -0.506 e. The maximum absolute atomic E-state index is 12.4. The molecule has 3 rings (SSSR count). The van der Waals surface area contributed by atoms with Crippen LogP contribution >= 0.6 is 22.9 Å². The fraction of sp³-hybridized carbons (Fsp3) is 0.484. The van der Waals surface area contributed by atoms with E-state index in [2.05, 4.69) is 20.5 Å². The number of aliphatic hydroxyl groups excluding tert-OH is 1. The smallest absolute Gasteiger partial charge is 0.305 e. The molecule has 0 radical (unpaired) electrons. The van der Waals surface area contributed by atoms with E-state index in [9.17, 15) is 19.8 Å². The maximum atomic E-state index is 12.4. The quantitative estimate of drug-likeness (QED) is 0.118. The van der Waals surface area contributed by atoms with Crippen LogP contribution in [-0.4, -0.2) is 94.0 Å². The van der Waals surface area contributed by atoms with E-state index < -0.39 is 11.9 Å². The summed E-state index contributed by atoms with van der Waals surface area (Å²) >= 11 is 7.03. The van der Waals surface area contributed by atoms with Crippen LogP contribution in [0.4, 0.5) is 0 Å². The molecule has 0 unspecified atom stereocenters. The second-order valence-electron chi connectivity index (χ2n) is 11.1. The van der Waals surface area contributed by atoms with Crippen molar-refractivity contribution in [2.45, 2.75) is 47.0 Å². The number of fused-ring (bicyclic) bond motifs is 1. The number of aliphatic hydroxyl groups is 1. The van der Waals surface area contributed by atoms with Gasteiger partial charge in [0, 0.05) is 70.0 Å². The number of aromatic hydroxyl groups is 1. The van der Waals surface area contributed by atoms with E-state index >= 15 is 0 Å². The highest BCUT2D eigenvalue weighted by molar-refractivity contribution is 7.16. The number of H-pyrrole nitrogens is 1. The van der Waals surface area contributed by atoms with Crippen molar-refractivity contribution in [3.05, 3.63) is 62.2 Å². The third kappa shape index (κ3) is 17.5. The number of hydrogen-bond acceptors (Lipinski definition) is 9. The van der Waals surface area contributed by atoms with E-state index in [1.165, 1.54) is 0 Å². The number of thiazole rings is 1. The van der Waals surface area contributed by atoms with Crippen LogP contribution in [-0.2, 0) is 27.2 Å². The van der Waals surface area contributed by atoms with Gasteiger partial charge in [-0.15, -0.1) is 0 Å². The number of benzene rings is 2. The molecule has 12 nitrogen and oxygen atoms in total. The lowest BCUT2D eigenvalue weighted by molar-refractivity contribution is -0.135. The Balaban J connectivity index is 0.00000113. The largest absolute Gasteiger partial charge is 0.506 e. The molecule has 0 aliphatic rings. The summed E-state index contributed by atoms with van der Waals surface area (Å²) in [5.74, 6) is -1.57. The van der Waals surface area contributed by atoms with Crippen LogP contribution in [0.1, 0.15) is 45.2 Å². The molecule has 1 heterocycles. The Morgan fingerprint density at radius 3 is 2.18 bits per heavy atom. The SMILES string of the molecule is CC(=O)O.CC(=O)O.CC(C)(CO)CN(CCNCCc1ccc(O)c2[nH]c(=O)sc12)CCC(=O)NCCc1ccc(Cl)cc1. The zero-order valence-corrected chi connectivity index (χ0v) is 27.8. The first-order valence-electron chi connectivity index (χ1n) is 14.4. The highest BCUT2D eigenvalue weighted by Gasteiger charge is 2.21. The van der Waals surface area contributed by atoms with Crippen molar-refractivity contribution < 1.29 is 34.8 Å². The fourth-order valence-corrected chi connectivity index (χ4v) is 5.15. The molecule has 0 fully saturated rings. The number of nitrogens with zero attached hydrogens (tertiary/aromatic N) is 1. The van der Waals surface area contributed by atoms with Crippen LogP contribution in [0.5, 0.6) is 5.75 Å². The number of phenolic OH excluding ortho intramolecular Hbond substituents is 1. The number of carbonyl (C=O) groups excluding carboxylic acids is 1. The van der Waals surface area contributed by atoms with Gasteiger partial charge in [0.25, 0.3) is 11.9 Å². The molecule has 45 heavy (non-hydrogen) atoms. The van der Waals surface area contributed by atoms with Crippen LogP contribution in [0, 0.1) is 5.41 Å². The molecular weight excluding hydrogens is 624 g/mol. The van der Waals surface area contributed by atoms with Crippen molar-refractivity contribution >= 4 is 51.0 Å². The zero-order valence-electron chi connectivity index (χ0n) is 26.2. The number of aromatic amines is 1. The average Bonchev–Trinajstić information content (AvgIpc) is 3.35. The summed E-state index contributed by atoms with van der Waals surface area (Å²) in [6, 6.07) is 11.1. The second-order valence-corrected chi connectivity index (χ2v) is 12.5. The average molecular weight is 669 g/mol. The molecule has 1 aromatic heterocycles. The lowest BCUT2D eigenvalue weighted by Crippen LogP contribution is -2.42. The van der Waals surface area contributed by atoms with E-state index in [0.29, 0.717) is 43.1 Å². The van der Waals surface area contributed by atoms with Crippen LogP contribution in [0.25, 0.3) is 10.2 Å². The Morgan fingerprint density at radius 2 is 1.58 bits per heavy atom. The molecule has 7 N–H and O–H groups in total. The van der Waals surface area contributed by atoms with Crippen molar-refractivity contribution in [3.63, 3.8) is 0 Å². The van der Waals surface area contributed by atoms with Crippen molar-refractivity contribution in [3.8, 4) is 5.75 Å². The molecule has 1 amide bonds. The number of amides is 1. The van der Waals surface area contributed by atoms with E-state index in [0.717, 1.165) is 66.9 Å². The highest BCUT2D eigenvalue weighted by Crippen LogP contribution is 2.27. The van der Waals surface area contributed by atoms with E-state index in [4.69, 9.17) is 31.4 Å². The van der Waals surface area contributed by atoms with Crippen LogP contribution in [0.15, 0.2) is 41.2 Å². The number of rotatable bonds is 15. The summed E-state index contributed by atoms with van der Waals surface area (Å²) in [6.07, 6.45) is 1.86. The number of aromatic nitrogens is 1. The van der Waals surface area contributed by atoms with Crippen molar-refractivity contribution in [1.29, 1.82) is 0 Å². The molecule has 2 aromatic carbocycles. The monoisotopic (exact) mass is 668 g/mol. The third-order valence-electron chi connectivity index (χ3n) is 6.20. The number of carbonyl (C=O) groups is 3. The third-order valence-corrected chi connectivity index (χ3v) is 7.41. The molecular formula is C31H45ClN4O8S. The molecule has 0 bridgehead atoms. The van der Waals surface area contributed by atoms with Gasteiger partial charge >= 0.3 is 4.87 Å². The lowest BCUT2D eigenvalue weighted by Gasteiger charge is -2.31. The topological polar surface area (TPSA) is 192 Å². The molecule has 0 spiro atoms. The van der Waals surface area contributed by atoms with Gasteiger partial charge in [-0.05, 0) is 48.7 Å². The minimum absolute atomic E-state index is 0.00979. The Kier molecular flexibility index (Phi) is 18.0. The predicted octanol–water partition coefficient (Wildman–Crippen LogP) is 3.33. The number of aliphatic carboxylic acids is 2. The summed E-state index contributed by atoms with van der Waals surface area (Å²) in [6.45, 7) is 10.3. The van der Waals surface area contributed by atoms with Crippen molar-refractivity contribution in [1.82, 2.24) is 20.5 Å². The molecule has 3 aromatic rings. The Bertz CT molecular complexity index is 1390. The zero-order chi connectivity index (χ0) is 34.0. The van der Waals surface area contributed by atoms with Crippen LogP contribution in [0.3, 0.4) is 0 Å². The summed E-state index contributed by atoms with van der Waals surface area (Å²) in [5, 5.41) is 41.6. The van der Waals surface area contributed by atoms with E-state index in [-0.39, 0.29) is 28.6 Å². The van der Waals surface area contributed by atoms with Gasteiger partial charge in [0.15, 0.2) is 0 Å². The summed E-state index contributed by atoms with van der Waals surface area (Å²) in [4.78, 5) is 46.8. The highest BCUT2D eigenvalue weighted by atomic mass is 35.5. The van der Waals surface area contributed by atoms with Gasteiger partial charge in [-0.3, -0.25) is 19.2 Å². The van der Waals surface area contributed by atoms with Gasteiger partial charge < -0.3 is 40.9 Å². The Labute approximate surface area is 272 Å². The first-order valence-corrected chi connectivity index (χ1v) is 15.6. The summed E-state index contributed by atoms with van der Waals surface area (Å²) in [5.41, 5.74) is 2.36. The predicted molar refractivity (Wildman–Crippen MR) is 177 cm³/mol. The number of halogens is 1. The van der Waals surface area contributed by atoms with Gasteiger partial charge in [-0.25, -0.2) is 0 Å². The summed E-state index contributed by atoms with van der Waals surface area (Å²) < 4.78 is 0.792. The van der Waals surface area contributed by atoms with Gasteiger partial charge in [0.05, 0.1) is 4.70 Å². The van der Waals surface area contributed by atoms with Crippen LogP contribution in [0.2, 0.25) is 5.02 Å². The van der Waals surface area contributed by atoms with E-state index in [1.807, 2.05) is 44.2 Å². The van der Waals surface area contributed by atoms with Gasteiger partial charge in [-0.1, -0.05) is 55.0 Å². The first-order chi connectivity index (χ1) is 21.1. The lowest BCUT2D eigenvalue weighted by atomic mass is 9.94. The molecule has 0 aliphatic heterocycles. The number of carboxylic acid groups (broad SMARTS) is 2.